The van der Waals surface area contributed by atoms with Gasteiger partial charge < -0.3 is 14.6 Å². The Bertz CT molecular complexity index is 1490. The van der Waals surface area contributed by atoms with Gasteiger partial charge in [-0.05, 0) is 61.9 Å². The predicted molar refractivity (Wildman–Crippen MR) is 140 cm³/mol. The van der Waals surface area contributed by atoms with Gasteiger partial charge in [-0.2, -0.15) is 0 Å². The van der Waals surface area contributed by atoms with Gasteiger partial charge in [-0.3, -0.25) is 14.5 Å². The molecule has 4 aromatic rings. The van der Waals surface area contributed by atoms with Gasteiger partial charge in [-0.1, -0.05) is 41.2 Å². The number of methoxy groups -OCH3 is 1. The molecule has 0 bridgehead atoms. The van der Waals surface area contributed by atoms with Crippen molar-refractivity contribution in [1.29, 1.82) is 0 Å². The second-order valence-electron chi connectivity index (χ2n) is 8.37. The average Bonchev–Trinajstić information content (AvgIpc) is 3.42. The lowest BCUT2D eigenvalue weighted by Crippen LogP contribution is -2.29. The largest absolute Gasteiger partial charge is 0.507 e. The second-order valence-corrected chi connectivity index (χ2v) is 9.38. The Morgan fingerprint density at radius 2 is 1.72 bits per heavy atom. The Morgan fingerprint density at radius 1 is 1.03 bits per heavy atom. The molecule has 1 aromatic heterocycles. The summed E-state index contributed by atoms with van der Waals surface area (Å²) >= 11 is 1.29. The smallest absolute Gasteiger partial charge is 0.301 e. The Balaban J connectivity index is 1.67. The Kier molecular flexibility index (Phi) is 6.20. The summed E-state index contributed by atoms with van der Waals surface area (Å²) in [5, 5.41) is 11.7. The lowest BCUT2D eigenvalue weighted by Gasteiger charge is -2.23. The van der Waals surface area contributed by atoms with Crippen LogP contribution in [-0.2, 0) is 9.59 Å². The van der Waals surface area contributed by atoms with Crippen LogP contribution in [0.15, 0.2) is 72.3 Å². The van der Waals surface area contributed by atoms with Crippen molar-refractivity contribution < 1.29 is 24.2 Å². The normalized spacial score (nSPS) is 17.1. The molecule has 1 N–H and O–H groups in total. The highest BCUT2D eigenvalue weighted by molar-refractivity contribution is 7.22. The molecule has 1 aliphatic rings. The van der Waals surface area contributed by atoms with E-state index in [2.05, 4.69) is 4.98 Å². The van der Waals surface area contributed by atoms with Crippen LogP contribution in [0.2, 0.25) is 0 Å². The summed E-state index contributed by atoms with van der Waals surface area (Å²) in [4.78, 5) is 32.8. The Morgan fingerprint density at radius 3 is 2.39 bits per heavy atom. The van der Waals surface area contributed by atoms with E-state index in [-0.39, 0.29) is 11.3 Å². The molecule has 0 spiro atoms. The molecule has 7 nitrogen and oxygen atoms in total. The van der Waals surface area contributed by atoms with E-state index in [9.17, 15) is 14.7 Å². The highest BCUT2D eigenvalue weighted by Gasteiger charge is 2.48. The molecule has 1 atom stereocenters. The summed E-state index contributed by atoms with van der Waals surface area (Å²) in [5.41, 5.74) is 2.86. The number of anilines is 1. The number of hydrogen-bond acceptors (Lipinski definition) is 7. The lowest BCUT2D eigenvalue weighted by atomic mass is 9.95. The van der Waals surface area contributed by atoms with Crippen molar-refractivity contribution in [1.82, 2.24) is 4.98 Å². The first-order valence-corrected chi connectivity index (χ1v) is 12.3. The number of hydrogen-bond donors (Lipinski definition) is 1. The number of carbonyl (C=O) groups is 2. The molecule has 1 saturated heterocycles. The average molecular weight is 501 g/mol. The fraction of sp³-hybridized carbons (Fsp3) is 0.179. The van der Waals surface area contributed by atoms with Crippen LogP contribution in [0.4, 0.5) is 5.13 Å². The number of benzene rings is 3. The van der Waals surface area contributed by atoms with E-state index in [0.29, 0.717) is 39.9 Å². The van der Waals surface area contributed by atoms with Gasteiger partial charge in [0.05, 0.1) is 35.5 Å². The van der Waals surface area contributed by atoms with Crippen LogP contribution < -0.4 is 14.4 Å². The first-order chi connectivity index (χ1) is 17.4. The maximum atomic E-state index is 13.4. The zero-order chi connectivity index (χ0) is 25.4. The van der Waals surface area contributed by atoms with Crippen molar-refractivity contribution in [2.24, 2.45) is 0 Å². The van der Waals surface area contributed by atoms with Gasteiger partial charge in [0.1, 0.15) is 17.3 Å². The number of aliphatic hydroxyl groups excluding tert-OH is 1. The van der Waals surface area contributed by atoms with Gasteiger partial charge in [0.15, 0.2) is 5.13 Å². The molecule has 182 valence electrons. The van der Waals surface area contributed by atoms with E-state index in [1.807, 2.05) is 50.2 Å². The summed E-state index contributed by atoms with van der Waals surface area (Å²) in [6.07, 6.45) is 0. The van der Waals surface area contributed by atoms with Gasteiger partial charge in [0.25, 0.3) is 5.78 Å². The monoisotopic (exact) mass is 500 g/mol. The number of ether oxygens (including phenoxy) is 2. The van der Waals surface area contributed by atoms with Gasteiger partial charge in [0, 0.05) is 5.56 Å². The molecule has 2 heterocycles. The highest BCUT2D eigenvalue weighted by Crippen LogP contribution is 2.44. The third-order valence-corrected chi connectivity index (χ3v) is 7.08. The van der Waals surface area contributed by atoms with Crippen LogP contribution in [0.1, 0.15) is 29.7 Å². The zero-order valence-electron chi connectivity index (χ0n) is 20.0. The number of aromatic nitrogens is 1. The summed E-state index contributed by atoms with van der Waals surface area (Å²) in [7, 11) is 1.58. The van der Waals surface area contributed by atoms with Crippen LogP contribution in [0.3, 0.4) is 0 Å². The number of rotatable bonds is 6. The van der Waals surface area contributed by atoms with E-state index in [4.69, 9.17) is 9.47 Å². The van der Waals surface area contributed by atoms with E-state index < -0.39 is 17.7 Å². The first kappa shape index (κ1) is 23.6. The predicted octanol–water partition coefficient (Wildman–Crippen LogP) is 5.64. The minimum Gasteiger partial charge on any atom is -0.507 e. The SMILES string of the molecule is CCOc1ccc(/C(O)=C2\C(=O)C(=O)N(c3nc4ccc(OC)cc4s3)[C@@H]2c2ccc(C)cc2)cc1. The number of aryl methyl sites for hydroxylation is 1. The molecule has 5 rings (SSSR count). The maximum Gasteiger partial charge on any atom is 0.301 e. The number of thiazole rings is 1. The van der Waals surface area contributed by atoms with Gasteiger partial charge in [-0.25, -0.2) is 4.98 Å². The third kappa shape index (κ3) is 4.09. The molecule has 36 heavy (non-hydrogen) atoms. The van der Waals surface area contributed by atoms with Crippen molar-refractivity contribution in [3.8, 4) is 11.5 Å². The number of ketones is 1. The van der Waals surface area contributed by atoms with Crippen molar-refractivity contribution in [2.45, 2.75) is 19.9 Å². The summed E-state index contributed by atoms with van der Waals surface area (Å²) < 4.78 is 11.6. The summed E-state index contributed by atoms with van der Waals surface area (Å²) in [6.45, 7) is 4.36. The van der Waals surface area contributed by atoms with Crippen molar-refractivity contribution >= 4 is 44.1 Å². The molecule has 1 amide bonds. The minimum atomic E-state index is -0.834. The van der Waals surface area contributed by atoms with E-state index in [0.717, 1.165) is 10.3 Å². The molecule has 0 unspecified atom stereocenters. The number of fused-ring (bicyclic) bond motifs is 1. The van der Waals surface area contributed by atoms with E-state index in [1.165, 1.54) is 16.2 Å². The summed E-state index contributed by atoms with van der Waals surface area (Å²) in [5.74, 6) is -0.421. The van der Waals surface area contributed by atoms with Crippen LogP contribution in [-0.4, -0.2) is 35.5 Å². The molecule has 0 radical (unpaired) electrons. The molecule has 8 heteroatoms. The molecule has 1 aliphatic heterocycles. The van der Waals surface area contributed by atoms with Crippen molar-refractivity contribution in [2.75, 3.05) is 18.6 Å². The highest BCUT2D eigenvalue weighted by atomic mass is 32.1. The summed E-state index contributed by atoms with van der Waals surface area (Å²) in [6, 6.07) is 18.9. The Hall–Kier alpha value is -4.17. The van der Waals surface area contributed by atoms with Crippen LogP contribution in [0.25, 0.3) is 16.0 Å². The molecular weight excluding hydrogens is 476 g/mol. The zero-order valence-corrected chi connectivity index (χ0v) is 20.8. The Labute approximate surface area is 212 Å². The lowest BCUT2D eigenvalue weighted by molar-refractivity contribution is -0.132. The van der Waals surface area contributed by atoms with Crippen molar-refractivity contribution in [3.05, 3.63) is 89.0 Å². The molecule has 1 fully saturated rings. The topological polar surface area (TPSA) is 89.0 Å². The number of carbonyl (C=O) groups excluding carboxylic acids is 2. The van der Waals surface area contributed by atoms with E-state index >= 15 is 0 Å². The standard InChI is InChI=1S/C28H24N2O5S/c1-4-35-19-11-9-18(10-12-19)25(31)23-24(17-7-5-16(2)6-8-17)30(27(33)26(23)32)28-29-21-14-13-20(34-3)15-22(21)36-28/h5-15,24,31H,4H2,1-3H3/b25-23+/t24-/m1/s1. The maximum absolute atomic E-state index is 13.4. The second kappa shape index (κ2) is 9.47. The molecule has 0 saturated carbocycles. The third-order valence-electron chi connectivity index (χ3n) is 6.07. The fourth-order valence-electron chi connectivity index (χ4n) is 4.25. The number of nitrogens with zero attached hydrogens (tertiary/aromatic N) is 2. The van der Waals surface area contributed by atoms with Crippen molar-refractivity contribution in [3.63, 3.8) is 0 Å². The fourth-order valence-corrected chi connectivity index (χ4v) is 5.27. The molecule has 0 aliphatic carbocycles. The number of Topliss-reactive ketones (excluding diaryl/α,β-unsaturated/α-hetero) is 1. The van der Waals surface area contributed by atoms with Gasteiger partial charge in [0.2, 0.25) is 0 Å². The minimum absolute atomic E-state index is 0.0184. The first-order valence-electron chi connectivity index (χ1n) is 11.5. The number of amides is 1. The molecule has 3 aromatic carbocycles. The number of aliphatic hydroxyl groups is 1. The van der Waals surface area contributed by atoms with Gasteiger partial charge in [-0.15, -0.1) is 0 Å². The van der Waals surface area contributed by atoms with Crippen LogP contribution in [0, 0.1) is 6.92 Å². The van der Waals surface area contributed by atoms with E-state index in [1.54, 1.807) is 37.4 Å². The van der Waals surface area contributed by atoms with Gasteiger partial charge >= 0.3 is 5.91 Å². The quantitative estimate of drug-likeness (QED) is 0.209. The molecular formula is C28H24N2O5S. The van der Waals surface area contributed by atoms with Crippen LogP contribution >= 0.6 is 11.3 Å². The van der Waals surface area contributed by atoms with Crippen LogP contribution in [0.5, 0.6) is 11.5 Å².